The van der Waals surface area contributed by atoms with Crippen molar-refractivity contribution in [2.75, 3.05) is 6.54 Å². The van der Waals surface area contributed by atoms with Crippen LogP contribution in [0, 0.1) is 11.7 Å². The summed E-state index contributed by atoms with van der Waals surface area (Å²) >= 11 is 3.10. The zero-order chi connectivity index (χ0) is 13.2. The summed E-state index contributed by atoms with van der Waals surface area (Å²) in [6, 6.07) is 3.94. The summed E-state index contributed by atoms with van der Waals surface area (Å²) in [7, 11) is -3.73. The predicted octanol–water partition coefficient (Wildman–Crippen LogP) is 3.06. The second kappa shape index (κ2) is 5.67. The standard InChI is InChI=1S/C12H15BrFNO2S/c13-10-4-5-12(11(14)8-10)18(16,17)15-7-6-9-2-1-3-9/h4-5,8-9,15H,1-3,6-7H2. The summed E-state index contributed by atoms with van der Waals surface area (Å²) < 4.78 is 40.3. The van der Waals surface area contributed by atoms with E-state index in [1.54, 1.807) is 0 Å². The first-order valence-electron chi connectivity index (χ1n) is 5.94. The van der Waals surface area contributed by atoms with E-state index in [-0.39, 0.29) is 4.90 Å². The maximum absolute atomic E-state index is 13.6. The van der Waals surface area contributed by atoms with Crippen molar-refractivity contribution < 1.29 is 12.8 Å². The number of rotatable bonds is 5. The fourth-order valence-electron chi connectivity index (χ4n) is 1.95. The van der Waals surface area contributed by atoms with Crippen LogP contribution >= 0.6 is 15.9 Å². The molecule has 0 aliphatic heterocycles. The molecule has 1 saturated carbocycles. The lowest BCUT2D eigenvalue weighted by molar-refractivity contribution is 0.297. The minimum atomic E-state index is -3.73. The maximum Gasteiger partial charge on any atom is 0.243 e. The summed E-state index contributed by atoms with van der Waals surface area (Å²) in [4.78, 5) is -0.292. The van der Waals surface area contributed by atoms with Gasteiger partial charge in [-0.05, 0) is 30.5 Å². The Kier molecular flexibility index (Phi) is 4.40. The van der Waals surface area contributed by atoms with Gasteiger partial charge in [-0.15, -0.1) is 0 Å². The van der Waals surface area contributed by atoms with Gasteiger partial charge in [0, 0.05) is 11.0 Å². The van der Waals surface area contributed by atoms with Crippen LogP contribution in [-0.4, -0.2) is 15.0 Å². The molecule has 3 nitrogen and oxygen atoms in total. The molecule has 0 bridgehead atoms. The molecule has 0 spiro atoms. The molecule has 0 atom stereocenters. The third-order valence-electron chi connectivity index (χ3n) is 3.25. The van der Waals surface area contributed by atoms with Gasteiger partial charge in [0.25, 0.3) is 0 Å². The van der Waals surface area contributed by atoms with E-state index in [2.05, 4.69) is 20.7 Å². The van der Waals surface area contributed by atoms with Crippen LogP contribution in [0.2, 0.25) is 0 Å². The molecule has 0 saturated heterocycles. The summed E-state index contributed by atoms with van der Waals surface area (Å²) in [6.07, 6.45) is 4.42. The van der Waals surface area contributed by atoms with Gasteiger partial charge in [-0.25, -0.2) is 17.5 Å². The van der Waals surface area contributed by atoms with Crippen LogP contribution in [0.25, 0.3) is 0 Å². The topological polar surface area (TPSA) is 46.2 Å². The van der Waals surface area contributed by atoms with Crippen molar-refractivity contribution in [3.63, 3.8) is 0 Å². The van der Waals surface area contributed by atoms with Crippen LogP contribution < -0.4 is 4.72 Å². The summed E-state index contributed by atoms with van der Waals surface area (Å²) in [5.74, 6) is -0.108. The molecule has 1 aromatic rings. The lowest BCUT2D eigenvalue weighted by Gasteiger charge is -2.25. The Morgan fingerprint density at radius 1 is 1.39 bits per heavy atom. The second-order valence-corrected chi connectivity index (χ2v) is 7.21. The molecule has 6 heteroatoms. The van der Waals surface area contributed by atoms with Crippen LogP contribution in [0.3, 0.4) is 0 Å². The SMILES string of the molecule is O=S(=O)(NCCC1CCC1)c1ccc(Br)cc1F. The van der Waals surface area contributed by atoms with E-state index in [1.807, 2.05) is 0 Å². The Morgan fingerprint density at radius 2 is 2.11 bits per heavy atom. The Balaban J connectivity index is 2.00. The quantitative estimate of drug-likeness (QED) is 0.898. The number of halogens is 2. The van der Waals surface area contributed by atoms with Gasteiger partial charge in [-0.1, -0.05) is 35.2 Å². The van der Waals surface area contributed by atoms with Gasteiger partial charge in [0.1, 0.15) is 10.7 Å². The molecule has 0 amide bonds. The molecule has 18 heavy (non-hydrogen) atoms. The minimum absolute atomic E-state index is 0.292. The Morgan fingerprint density at radius 3 is 2.67 bits per heavy atom. The first-order valence-corrected chi connectivity index (χ1v) is 8.21. The van der Waals surface area contributed by atoms with Crippen LogP contribution in [0.4, 0.5) is 4.39 Å². The minimum Gasteiger partial charge on any atom is -0.211 e. The highest BCUT2D eigenvalue weighted by atomic mass is 79.9. The molecule has 1 N–H and O–H groups in total. The van der Waals surface area contributed by atoms with Gasteiger partial charge < -0.3 is 0 Å². The Labute approximate surface area is 115 Å². The van der Waals surface area contributed by atoms with Gasteiger partial charge in [0.05, 0.1) is 0 Å². The third kappa shape index (κ3) is 3.30. The van der Waals surface area contributed by atoms with E-state index in [0.717, 1.165) is 12.5 Å². The molecule has 0 heterocycles. The monoisotopic (exact) mass is 335 g/mol. The molecule has 1 aliphatic rings. The van der Waals surface area contributed by atoms with E-state index < -0.39 is 15.8 Å². The van der Waals surface area contributed by atoms with Crippen molar-refractivity contribution in [2.24, 2.45) is 5.92 Å². The van der Waals surface area contributed by atoms with Crippen molar-refractivity contribution >= 4 is 26.0 Å². The van der Waals surface area contributed by atoms with Crippen molar-refractivity contribution in [3.8, 4) is 0 Å². The Hall–Kier alpha value is -0.460. The van der Waals surface area contributed by atoms with Gasteiger partial charge in [-0.3, -0.25) is 0 Å². The van der Waals surface area contributed by atoms with E-state index >= 15 is 0 Å². The summed E-state index contributed by atoms with van der Waals surface area (Å²) in [5, 5.41) is 0. The van der Waals surface area contributed by atoms with Crippen molar-refractivity contribution in [2.45, 2.75) is 30.6 Å². The van der Waals surface area contributed by atoms with E-state index in [9.17, 15) is 12.8 Å². The molecule has 1 fully saturated rings. The fraction of sp³-hybridized carbons (Fsp3) is 0.500. The highest BCUT2D eigenvalue weighted by molar-refractivity contribution is 9.10. The normalized spacial score (nSPS) is 16.6. The molecule has 0 aromatic heterocycles. The highest BCUT2D eigenvalue weighted by Gasteiger charge is 2.21. The fourth-order valence-corrected chi connectivity index (χ4v) is 3.39. The zero-order valence-electron chi connectivity index (χ0n) is 9.83. The Bertz CT molecular complexity index is 529. The van der Waals surface area contributed by atoms with Gasteiger partial charge in [0.2, 0.25) is 10.0 Å². The predicted molar refractivity (Wildman–Crippen MR) is 71.2 cm³/mol. The first kappa shape index (κ1) is 14.0. The average Bonchev–Trinajstić information content (AvgIpc) is 2.21. The van der Waals surface area contributed by atoms with Crippen molar-refractivity contribution in [1.29, 1.82) is 0 Å². The van der Waals surface area contributed by atoms with Crippen molar-refractivity contribution in [3.05, 3.63) is 28.5 Å². The lowest BCUT2D eigenvalue weighted by Crippen LogP contribution is -2.28. The molecule has 1 aliphatic carbocycles. The van der Waals surface area contributed by atoms with Crippen molar-refractivity contribution in [1.82, 2.24) is 4.72 Å². The number of hydrogen-bond donors (Lipinski definition) is 1. The van der Waals surface area contributed by atoms with Gasteiger partial charge in [0.15, 0.2) is 0 Å². The van der Waals surface area contributed by atoms with E-state index in [1.165, 1.54) is 31.4 Å². The average molecular weight is 336 g/mol. The second-order valence-electron chi connectivity index (χ2n) is 4.56. The molecular weight excluding hydrogens is 321 g/mol. The molecule has 0 unspecified atom stereocenters. The molecule has 2 rings (SSSR count). The third-order valence-corrected chi connectivity index (χ3v) is 5.24. The smallest absolute Gasteiger partial charge is 0.211 e. The number of benzene rings is 1. The van der Waals surface area contributed by atoms with Crippen LogP contribution in [0.5, 0.6) is 0 Å². The summed E-state index contributed by atoms with van der Waals surface area (Å²) in [6.45, 7) is 0.377. The van der Waals surface area contributed by atoms with Gasteiger partial charge in [-0.2, -0.15) is 0 Å². The maximum atomic E-state index is 13.6. The van der Waals surface area contributed by atoms with Crippen LogP contribution in [0.15, 0.2) is 27.6 Å². The molecule has 1 aromatic carbocycles. The zero-order valence-corrected chi connectivity index (χ0v) is 12.2. The van der Waals surface area contributed by atoms with E-state index in [4.69, 9.17) is 0 Å². The number of hydrogen-bond acceptors (Lipinski definition) is 2. The van der Waals surface area contributed by atoms with Gasteiger partial charge >= 0.3 is 0 Å². The van der Waals surface area contributed by atoms with Crippen LogP contribution in [-0.2, 0) is 10.0 Å². The number of nitrogens with one attached hydrogen (secondary N) is 1. The molecule has 0 radical (unpaired) electrons. The largest absolute Gasteiger partial charge is 0.243 e. The molecule has 100 valence electrons. The summed E-state index contributed by atoms with van der Waals surface area (Å²) in [5.41, 5.74) is 0. The highest BCUT2D eigenvalue weighted by Crippen LogP contribution is 2.29. The lowest BCUT2D eigenvalue weighted by atomic mass is 9.83. The molecular formula is C12H15BrFNO2S. The first-order chi connectivity index (χ1) is 8.49. The van der Waals surface area contributed by atoms with Crippen LogP contribution in [0.1, 0.15) is 25.7 Å². The van der Waals surface area contributed by atoms with E-state index in [0.29, 0.717) is 16.9 Å². The number of sulfonamides is 1.